The summed E-state index contributed by atoms with van der Waals surface area (Å²) in [6.45, 7) is 13.0. The lowest BCUT2D eigenvalue weighted by Crippen LogP contribution is -2.48. The molecule has 4 amide bonds. The molecule has 0 aromatic heterocycles. The highest BCUT2D eigenvalue weighted by atomic mass is 16.5. The predicted molar refractivity (Wildman–Crippen MR) is 135 cm³/mol. The number of anilines is 2. The number of nitrogens with one attached hydrogen (secondary N) is 4. The molecule has 10 heteroatoms. The molecule has 4 N–H and O–H groups in total. The van der Waals surface area contributed by atoms with Crippen molar-refractivity contribution in [2.45, 2.75) is 79.5 Å². The molecule has 0 heterocycles. The lowest BCUT2D eigenvalue weighted by atomic mass is 10.0. The summed E-state index contributed by atoms with van der Waals surface area (Å²) in [5.74, 6) is -1.41. The van der Waals surface area contributed by atoms with Crippen LogP contribution < -0.4 is 21.3 Å². The average Bonchev–Trinajstić information content (AvgIpc) is 2.76. The van der Waals surface area contributed by atoms with Gasteiger partial charge in [-0.1, -0.05) is 53.2 Å². The fourth-order valence-electron chi connectivity index (χ4n) is 3.01. The van der Waals surface area contributed by atoms with Crippen molar-refractivity contribution in [3.63, 3.8) is 0 Å². The molecule has 0 aliphatic heterocycles. The highest BCUT2D eigenvalue weighted by molar-refractivity contribution is 6.00. The van der Waals surface area contributed by atoms with Crippen molar-refractivity contribution in [2.75, 3.05) is 17.2 Å². The zero-order valence-electron chi connectivity index (χ0n) is 21.8. The topological polar surface area (TPSA) is 135 Å². The van der Waals surface area contributed by atoms with E-state index in [0.29, 0.717) is 18.0 Å². The van der Waals surface area contributed by atoms with Crippen molar-refractivity contribution >= 4 is 35.4 Å². The molecule has 1 rings (SSSR count). The maximum absolute atomic E-state index is 12.6. The van der Waals surface area contributed by atoms with E-state index in [1.807, 2.05) is 6.92 Å². The standard InChI is InChI=1S/C25H40N4O6/c1-8-9-14-34-22(30)20(15(2)3)28-24(32)26-18-12-10-11-13-19(18)27-25(33)29-21(16(4)5)23(31)35-17(6)7/h10-13,15-17,20-21H,8-9,14H2,1-7H3,(H2,26,28,32)(H2,27,29,33)/t20-,21-/m0/s1. The number of esters is 2. The summed E-state index contributed by atoms with van der Waals surface area (Å²) >= 11 is 0. The normalized spacial score (nSPS) is 12.6. The van der Waals surface area contributed by atoms with Crippen molar-refractivity contribution in [1.82, 2.24) is 10.6 Å². The van der Waals surface area contributed by atoms with Crippen LogP contribution in [0.25, 0.3) is 0 Å². The number of ether oxygens (including phenoxy) is 2. The van der Waals surface area contributed by atoms with Crippen molar-refractivity contribution in [3.8, 4) is 0 Å². The Labute approximate surface area is 207 Å². The Balaban J connectivity index is 2.85. The molecule has 0 aliphatic carbocycles. The maximum Gasteiger partial charge on any atom is 0.329 e. The molecule has 1 aromatic carbocycles. The van der Waals surface area contributed by atoms with Gasteiger partial charge in [0.05, 0.1) is 24.1 Å². The second-order valence-corrected chi connectivity index (χ2v) is 9.19. The van der Waals surface area contributed by atoms with Crippen LogP contribution >= 0.6 is 0 Å². The Morgan fingerprint density at radius 1 is 0.771 bits per heavy atom. The lowest BCUT2D eigenvalue weighted by Gasteiger charge is -2.23. The van der Waals surface area contributed by atoms with E-state index < -0.39 is 36.1 Å². The Morgan fingerprint density at radius 3 is 1.63 bits per heavy atom. The summed E-state index contributed by atoms with van der Waals surface area (Å²) in [5.41, 5.74) is 0.624. The van der Waals surface area contributed by atoms with E-state index in [1.54, 1.807) is 65.8 Å². The third-order valence-electron chi connectivity index (χ3n) is 4.93. The quantitative estimate of drug-likeness (QED) is 0.254. The minimum atomic E-state index is -0.841. The predicted octanol–water partition coefficient (Wildman–Crippen LogP) is 4.27. The zero-order valence-corrected chi connectivity index (χ0v) is 21.8. The number of carbonyl (C=O) groups is 4. The first-order valence-electron chi connectivity index (χ1n) is 12.1. The van der Waals surface area contributed by atoms with Crippen molar-refractivity contribution in [1.29, 1.82) is 0 Å². The Hall–Kier alpha value is -3.30. The van der Waals surface area contributed by atoms with E-state index >= 15 is 0 Å². The van der Waals surface area contributed by atoms with Gasteiger partial charge >= 0.3 is 24.0 Å². The number of amides is 4. The van der Waals surface area contributed by atoms with Crippen LogP contribution in [0.15, 0.2) is 24.3 Å². The molecular formula is C25H40N4O6. The summed E-state index contributed by atoms with van der Waals surface area (Å²) in [4.78, 5) is 50.0. The number of hydrogen-bond donors (Lipinski definition) is 4. The van der Waals surface area contributed by atoms with Gasteiger partial charge in [-0.2, -0.15) is 0 Å². The SMILES string of the molecule is CCCCOC(=O)[C@@H](NC(=O)Nc1ccccc1NC(=O)N[C@H](C(=O)OC(C)C)C(C)C)C(C)C. The van der Waals surface area contributed by atoms with E-state index in [0.717, 1.165) is 12.8 Å². The molecule has 0 aliphatic rings. The minimum Gasteiger partial charge on any atom is -0.464 e. The Morgan fingerprint density at radius 2 is 1.23 bits per heavy atom. The van der Waals surface area contributed by atoms with Gasteiger partial charge in [0.25, 0.3) is 0 Å². The van der Waals surface area contributed by atoms with Crippen LogP contribution in [-0.2, 0) is 19.1 Å². The van der Waals surface area contributed by atoms with Crippen LogP contribution in [-0.4, -0.2) is 48.8 Å². The number of carbonyl (C=O) groups excluding carboxylic acids is 4. The van der Waals surface area contributed by atoms with Crippen LogP contribution in [0.4, 0.5) is 21.0 Å². The Bertz CT molecular complexity index is 856. The number of rotatable bonds is 12. The van der Waals surface area contributed by atoms with Crippen molar-refractivity contribution in [3.05, 3.63) is 24.3 Å². The molecule has 0 bridgehead atoms. The second-order valence-electron chi connectivity index (χ2n) is 9.19. The van der Waals surface area contributed by atoms with E-state index in [9.17, 15) is 19.2 Å². The van der Waals surface area contributed by atoms with Gasteiger partial charge in [0.15, 0.2) is 0 Å². The first kappa shape index (κ1) is 29.7. The second kappa shape index (κ2) is 14.9. The average molecular weight is 493 g/mol. The van der Waals surface area contributed by atoms with Crippen molar-refractivity contribution < 1.29 is 28.7 Å². The van der Waals surface area contributed by atoms with Gasteiger partial charge in [-0.05, 0) is 44.2 Å². The number of unbranched alkanes of at least 4 members (excludes halogenated alkanes) is 1. The molecule has 0 fully saturated rings. The van der Waals surface area contributed by atoms with Gasteiger partial charge in [0.2, 0.25) is 0 Å². The van der Waals surface area contributed by atoms with Gasteiger partial charge in [0.1, 0.15) is 12.1 Å². The molecule has 10 nitrogen and oxygen atoms in total. The highest BCUT2D eigenvalue weighted by Crippen LogP contribution is 2.21. The first-order chi connectivity index (χ1) is 16.5. The first-order valence-corrected chi connectivity index (χ1v) is 12.1. The highest BCUT2D eigenvalue weighted by Gasteiger charge is 2.28. The molecule has 1 aromatic rings. The van der Waals surface area contributed by atoms with Crippen LogP contribution in [0.3, 0.4) is 0 Å². The van der Waals surface area contributed by atoms with Crippen LogP contribution in [0.1, 0.15) is 61.3 Å². The Kier molecular flexibility index (Phi) is 12.6. The molecule has 196 valence electrons. The van der Waals surface area contributed by atoms with Crippen LogP contribution in [0, 0.1) is 11.8 Å². The van der Waals surface area contributed by atoms with E-state index in [-0.39, 0.29) is 17.9 Å². The van der Waals surface area contributed by atoms with E-state index in [2.05, 4.69) is 21.3 Å². The summed E-state index contributed by atoms with van der Waals surface area (Å²) < 4.78 is 10.5. The maximum atomic E-state index is 12.6. The van der Waals surface area contributed by atoms with Gasteiger partial charge < -0.3 is 30.7 Å². The van der Waals surface area contributed by atoms with Crippen LogP contribution in [0.2, 0.25) is 0 Å². The third kappa shape index (κ3) is 10.7. The number of para-hydroxylation sites is 2. The molecule has 0 unspecified atom stereocenters. The van der Waals surface area contributed by atoms with E-state index in [4.69, 9.17) is 9.47 Å². The molecule has 0 radical (unpaired) electrons. The fourth-order valence-corrected chi connectivity index (χ4v) is 3.01. The smallest absolute Gasteiger partial charge is 0.329 e. The van der Waals surface area contributed by atoms with Gasteiger partial charge in [-0.3, -0.25) is 0 Å². The molecule has 0 saturated heterocycles. The van der Waals surface area contributed by atoms with Crippen LogP contribution in [0.5, 0.6) is 0 Å². The zero-order chi connectivity index (χ0) is 26.5. The van der Waals surface area contributed by atoms with Gasteiger partial charge in [-0.15, -0.1) is 0 Å². The molecule has 2 atom stereocenters. The summed E-state index contributed by atoms with van der Waals surface area (Å²) in [6, 6.07) is 3.67. The number of hydrogen-bond acceptors (Lipinski definition) is 6. The van der Waals surface area contributed by atoms with Crippen molar-refractivity contribution in [2.24, 2.45) is 11.8 Å². The number of benzene rings is 1. The minimum absolute atomic E-state index is 0.187. The van der Waals surface area contributed by atoms with Gasteiger partial charge in [0, 0.05) is 0 Å². The third-order valence-corrected chi connectivity index (χ3v) is 4.93. The molecule has 0 spiro atoms. The van der Waals surface area contributed by atoms with E-state index in [1.165, 1.54) is 0 Å². The monoisotopic (exact) mass is 492 g/mol. The molecule has 0 saturated carbocycles. The molecule has 35 heavy (non-hydrogen) atoms. The summed E-state index contributed by atoms with van der Waals surface area (Å²) in [7, 11) is 0. The summed E-state index contributed by atoms with van der Waals surface area (Å²) in [6.07, 6.45) is 1.33. The fraction of sp³-hybridized carbons (Fsp3) is 0.600. The number of urea groups is 2. The lowest BCUT2D eigenvalue weighted by molar-refractivity contribution is -0.151. The largest absolute Gasteiger partial charge is 0.464 e. The molecular weight excluding hydrogens is 452 g/mol. The van der Waals surface area contributed by atoms with Gasteiger partial charge in [-0.25, -0.2) is 19.2 Å². The summed E-state index contributed by atoms with van der Waals surface area (Å²) in [5, 5.41) is 10.6.